The third kappa shape index (κ3) is 1.64. The van der Waals surface area contributed by atoms with Gasteiger partial charge in [0.05, 0.1) is 16.6 Å². The number of imidazole rings is 1. The number of nitrogens with zero attached hydrogens (tertiary/aromatic N) is 2. The molecule has 0 amide bonds. The molecule has 0 saturated heterocycles. The Bertz CT molecular complexity index is 775. The van der Waals surface area contributed by atoms with Gasteiger partial charge in [-0.1, -0.05) is 18.2 Å². The highest BCUT2D eigenvalue weighted by Gasteiger charge is 2.15. The third-order valence-corrected chi connectivity index (χ3v) is 3.35. The second kappa shape index (κ2) is 4.02. The van der Waals surface area contributed by atoms with Gasteiger partial charge >= 0.3 is 0 Å². The molecule has 0 fully saturated rings. The maximum Gasteiger partial charge on any atom is 0.168 e. The number of rotatable bonds is 1. The van der Waals surface area contributed by atoms with Gasteiger partial charge in [-0.3, -0.25) is 0 Å². The first-order chi connectivity index (χ1) is 9.09. The number of phenols is 2. The van der Waals surface area contributed by atoms with Crippen LogP contribution < -0.4 is 0 Å². The number of aromatic nitrogens is 2. The number of para-hydroxylation sites is 2. The van der Waals surface area contributed by atoms with Crippen LogP contribution in [0.25, 0.3) is 22.4 Å². The summed E-state index contributed by atoms with van der Waals surface area (Å²) in [5.41, 5.74) is 3.55. The van der Waals surface area contributed by atoms with Crippen LogP contribution in [0.15, 0.2) is 36.4 Å². The van der Waals surface area contributed by atoms with Crippen molar-refractivity contribution in [1.29, 1.82) is 0 Å². The summed E-state index contributed by atoms with van der Waals surface area (Å²) in [6.07, 6.45) is 0. The molecule has 0 spiro atoms. The Morgan fingerprint density at radius 1 is 1.05 bits per heavy atom. The molecule has 0 unspecified atom stereocenters. The number of aromatic hydroxyl groups is 2. The van der Waals surface area contributed by atoms with E-state index in [4.69, 9.17) is 0 Å². The van der Waals surface area contributed by atoms with Gasteiger partial charge in [0.2, 0.25) is 0 Å². The predicted octanol–water partition coefficient (Wildman–Crippen LogP) is 2.96. The van der Waals surface area contributed by atoms with Crippen LogP contribution in [0.3, 0.4) is 0 Å². The van der Waals surface area contributed by atoms with E-state index in [0.717, 1.165) is 16.6 Å². The van der Waals surface area contributed by atoms with Crippen LogP contribution in [-0.2, 0) is 7.05 Å². The fraction of sp³-hybridized carbons (Fsp3) is 0.133. The zero-order valence-corrected chi connectivity index (χ0v) is 10.8. The maximum absolute atomic E-state index is 9.97. The first kappa shape index (κ1) is 11.6. The zero-order chi connectivity index (χ0) is 13.6. The van der Waals surface area contributed by atoms with E-state index in [9.17, 15) is 10.2 Å². The van der Waals surface area contributed by atoms with Crippen molar-refractivity contribution in [2.45, 2.75) is 6.92 Å². The quantitative estimate of drug-likeness (QED) is 0.656. The highest BCUT2D eigenvalue weighted by atomic mass is 16.3. The molecular weight excluding hydrogens is 240 g/mol. The van der Waals surface area contributed by atoms with Crippen LogP contribution in [0, 0.1) is 6.92 Å². The van der Waals surface area contributed by atoms with Crippen LogP contribution >= 0.6 is 0 Å². The fourth-order valence-electron chi connectivity index (χ4n) is 2.42. The van der Waals surface area contributed by atoms with Crippen LogP contribution in [0.1, 0.15) is 5.56 Å². The van der Waals surface area contributed by atoms with Gasteiger partial charge < -0.3 is 14.8 Å². The number of fused-ring (bicyclic) bond motifs is 1. The maximum atomic E-state index is 9.97. The summed E-state index contributed by atoms with van der Waals surface area (Å²) >= 11 is 0. The molecule has 96 valence electrons. The molecule has 0 saturated carbocycles. The third-order valence-electron chi connectivity index (χ3n) is 3.35. The Balaban J connectivity index is 2.35. The van der Waals surface area contributed by atoms with E-state index < -0.39 is 0 Å². The van der Waals surface area contributed by atoms with Gasteiger partial charge in [0.1, 0.15) is 5.82 Å². The van der Waals surface area contributed by atoms with Gasteiger partial charge in [-0.25, -0.2) is 4.98 Å². The van der Waals surface area contributed by atoms with Crippen molar-refractivity contribution in [2.75, 3.05) is 0 Å². The summed E-state index contributed by atoms with van der Waals surface area (Å²) in [6.45, 7) is 2.02. The SMILES string of the molecule is Cc1cccc2nc(-c3cccc(O)c3O)n(C)c12. The van der Waals surface area contributed by atoms with Crippen molar-refractivity contribution in [1.82, 2.24) is 9.55 Å². The Morgan fingerprint density at radius 3 is 2.53 bits per heavy atom. The minimum atomic E-state index is -0.140. The Labute approximate surface area is 110 Å². The van der Waals surface area contributed by atoms with Crippen LogP contribution in [-0.4, -0.2) is 19.8 Å². The van der Waals surface area contributed by atoms with E-state index in [1.807, 2.05) is 36.7 Å². The molecule has 3 aromatic rings. The molecule has 1 heterocycles. The van der Waals surface area contributed by atoms with Crippen LogP contribution in [0.4, 0.5) is 0 Å². The zero-order valence-electron chi connectivity index (χ0n) is 10.8. The largest absolute Gasteiger partial charge is 0.504 e. The predicted molar refractivity (Wildman–Crippen MR) is 74.2 cm³/mol. The lowest BCUT2D eigenvalue weighted by Crippen LogP contribution is -1.94. The number of benzene rings is 2. The smallest absolute Gasteiger partial charge is 0.168 e. The summed E-state index contributed by atoms with van der Waals surface area (Å²) in [7, 11) is 1.90. The first-order valence-corrected chi connectivity index (χ1v) is 6.03. The minimum absolute atomic E-state index is 0.138. The Kier molecular flexibility index (Phi) is 2.45. The van der Waals surface area contributed by atoms with E-state index in [-0.39, 0.29) is 11.5 Å². The lowest BCUT2D eigenvalue weighted by Gasteiger charge is -2.06. The van der Waals surface area contributed by atoms with E-state index in [0.29, 0.717) is 11.4 Å². The van der Waals surface area contributed by atoms with Crippen LogP contribution in [0.5, 0.6) is 11.5 Å². The van der Waals surface area contributed by atoms with E-state index in [1.54, 1.807) is 12.1 Å². The highest BCUT2D eigenvalue weighted by molar-refractivity contribution is 5.84. The second-order valence-corrected chi connectivity index (χ2v) is 4.61. The van der Waals surface area contributed by atoms with Gasteiger partial charge in [0, 0.05) is 7.05 Å². The summed E-state index contributed by atoms with van der Waals surface area (Å²) in [5, 5.41) is 19.6. The van der Waals surface area contributed by atoms with E-state index in [1.165, 1.54) is 6.07 Å². The molecule has 0 aliphatic heterocycles. The van der Waals surface area contributed by atoms with Crippen molar-refractivity contribution in [2.24, 2.45) is 7.05 Å². The summed E-state index contributed by atoms with van der Waals surface area (Å²) in [5.74, 6) is 0.359. The van der Waals surface area contributed by atoms with Crippen molar-refractivity contribution >= 4 is 11.0 Å². The molecule has 4 heteroatoms. The van der Waals surface area contributed by atoms with E-state index >= 15 is 0 Å². The molecule has 0 radical (unpaired) electrons. The molecule has 4 nitrogen and oxygen atoms in total. The molecule has 2 N–H and O–H groups in total. The molecule has 0 aliphatic rings. The average Bonchev–Trinajstić information content (AvgIpc) is 2.72. The lowest BCUT2D eigenvalue weighted by atomic mass is 10.1. The number of hydrogen-bond acceptors (Lipinski definition) is 3. The molecule has 0 aliphatic carbocycles. The summed E-state index contributed by atoms with van der Waals surface area (Å²) < 4.78 is 1.93. The van der Waals surface area contributed by atoms with E-state index in [2.05, 4.69) is 4.98 Å². The van der Waals surface area contributed by atoms with Crippen molar-refractivity contribution < 1.29 is 10.2 Å². The molecule has 1 aromatic heterocycles. The Hall–Kier alpha value is -2.49. The molecule has 19 heavy (non-hydrogen) atoms. The van der Waals surface area contributed by atoms with Gasteiger partial charge in [-0.15, -0.1) is 0 Å². The lowest BCUT2D eigenvalue weighted by molar-refractivity contribution is 0.405. The van der Waals surface area contributed by atoms with Crippen LogP contribution in [0.2, 0.25) is 0 Å². The number of phenolic OH excluding ortho intramolecular Hbond substituents is 2. The summed E-state index contributed by atoms with van der Waals surface area (Å²) in [6, 6.07) is 10.8. The van der Waals surface area contributed by atoms with Gasteiger partial charge in [0.15, 0.2) is 11.5 Å². The standard InChI is InChI=1S/C15H14N2O2/c1-9-5-3-7-11-13(9)17(2)15(16-11)10-6-4-8-12(18)14(10)19/h3-8,18-19H,1-2H3. The topological polar surface area (TPSA) is 58.3 Å². The Morgan fingerprint density at radius 2 is 1.79 bits per heavy atom. The molecule has 0 bridgehead atoms. The number of aryl methyl sites for hydroxylation is 2. The van der Waals surface area contributed by atoms with Crippen molar-refractivity contribution in [3.8, 4) is 22.9 Å². The normalized spacial score (nSPS) is 11.1. The first-order valence-electron chi connectivity index (χ1n) is 6.03. The molecular formula is C15H14N2O2. The van der Waals surface area contributed by atoms with Gasteiger partial charge in [-0.2, -0.15) is 0 Å². The average molecular weight is 254 g/mol. The highest BCUT2D eigenvalue weighted by Crippen LogP contribution is 2.36. The van der Waals surface area contributed by atoms with Crippen molar-refractivity contribution in [3.63, 3.8) is 0 Å². The van der Waals surface area contributed by atoms with Gasteiger partial charge in [0.25, 0.3) is 0 Å². The van der Waals surface area contributed by atoms with Gasteiger partial charge in [-0.05, 0) is 30.7 Å². The molecule has 3 rings (SSSR count). The molecule has 0 atom stereocenters. The second-order valence-electron chi connectivity index (χ2n) is 4.61. The van der Waals surface area contributed by atoms with Crippen molar-refractivity contribution in [3.05, 3.63) is 42.0 Å². The summed E-state index contributed by atoms with van der Waals surface area (Å²) in [4.78, 5) is 4.54. The molecule has 2 aromatic carbocycles. The monoisotopic (exact) mass is 254 g/mol. The number of hydrogen-bond donors (Lipinski definition) is 2. The minimum Gasteiger partial charge on any atom is -0.504 e. The fourth-order valence-corrected chi connectivity index (χ4v) is 2.42.